The molecule has 0 aromatic heterocycles. The average molecular weight is 254 g/mol. The van der Waals surface area contributed by atoms with Gasteiger partial charge < -0.3 is 14.6 Å². The molecular weight excluding hydrogens is 244 g/mol. The van der Waals surface area contributed by atoms with Crippen LogP contribution < -0.4 is 4.74 Å². The number of benzene rings is 1. The first-order chi connectivity index (χ1) is 7.90. The summed E-state index contributed by atoms with van der Waals surface area (Å²) in [5, 5.41) is 8.76. The van der Waals surface area contributed by atoms with E-state index in [0.29, 0.717) is 0 Å². The van der Waals surface area contributed by atoms with Crippen LogP contribution in [0.4, 0.5) is 17.6 Å². The van der Waals surface area contributed by atoms with E-state index in [0.717, 1.165) is 12.1 Å². The van der Waals surface area contributed by atoms with Crippen LogP contribution in [0.1, 0.15) is 5.56 Å². The van der Waals surface area contributed by atoms with Crippen molar-refractivity contribution >= 4 is 0 Å². The summed E-state index contributed by atoms with van der Waals surface area (Å²) >= 11 is 0. The summed E-state index contributed by atoms with van der Waals surface area (Å²) < 4.78 is 56.9. The quantitative estimate of drug-likeness (QED) is 0.497. The molecule has 1 N–H and O–H groups in total. The Morgan fingerprint density at radius 2 is 1.88 bits per heavy atom. The lowest BCUT2D eigenvalue weighted by Crippen LogP contribution is -2.19. The lowest BCUT2D eigenvalue weighted by atomic mass is 10.2. The molecule has 1 aromatic rings. The maximum atomic E-state index is 12.9. The van der Waals surface area contributed by atoms with Crippen molar-refractivity contribution in [3.05, 3.63) is 29.6 Å². The first-order valence-corrected chi connectivity index (χ1v) is 4.58. The normalized spacial score (nSPS) is 11.6. The van der Waals surface area contributed by atoms with Gasteiger partial charge in [0, 0.05) is 6.07 Å². The van der Waals surface area contributed by atoms with E-state index in [4.69, 9.17) is 9.84 Å². The van der Waals surface area contributed by atoms with Crippen molar-refractivity contribution in [2.75, 3.05) is 13.4 Å². The zero-order valence-electron chi connectivity index (χ0n) is 8.63. The van der Waals surface area contributed by atoms with Crippen LogP contribution in [-0.2, 0) is 11.3 Å². The standard InChI is InChI=1S/C10H10F4O3/c11-8-1-7(4-15)2-9(3-8)17-6-16-5-10(12,13)14/h1-3,15H,4-6H2. The lowest BCUT2D eigenvalue weighted by Gasteiger charge is -2.10. The summed E-state index contributed by atoms with van der Waals surface area (Å²) in [6.45, 7) is -2.47. The largest absolute Gasteiger partial charge is 0.467 e. The summed E-state index contributed by atoms with van der Waals surface area (Å²) in [5.41, 5.74) is 0.260. The van der Waals surface area contributed by atoms with Gasteiger partial charge in [-0.2, -0.15) is 13.2 Å². The predicted molar refractivity (Wildman–Crippen MR) is 49.8 cm³/mol. The summed E-state index contributed by atoms with van der Waals surface area (Å²) in [5.74, 6) is -0.654. The van der Waals surface area contributed by atoms with Crippen LogP contribution in [0.25, 0.3) is 0 Å². The number of hydrogen-bond donors (Lipinski definition) is 1. The minimum Gasteiger partial charge on any atom is -0.467 e. The van der Waals surface area contributed by atoms with Gasteiger partial charge in [0.2, 0.25) is 0 Å². The van der Waals surface area contributed by atoms with Crippen LogP contribution in [0.5, 0.6) is 5.75 Å². The molecule has 0 aliphatic carbocycles. The molecule has 0 unspecified atom stereocenters. The molecule has 0 saturated carbocycles. The molecule has 0 aliphatic rings. The zero-order valence-corrected chi connectivity index (χ0v) is 8.63. The first-order valence-electron chi connectivity index (χ1n) is 4.58. The van der Waals surface area contributed by atoms with Gasteiger partial charge in [-0.1, -0.05) is 0 Å². The second-order valence-electron chi connectivity index (χ2n) is 3.18. The van der Waals surface area contributed by atoms with E-state index in [1.54, 1.807) is 0 Å². The molecule has 3 nitrogen and oxygen atoms in total. The minimum atomic E-state index is -4.43. The highest BCUT2D eigenvalue weighted by Gasteiger charge is 2.27. The maximum absolute atomic E-state index is 12.9. The van der Waals surface area contributed by atoms with Crippen molar-refractivity contribution < 1.29 is 32.1 Å². The first kappa shape index (κ1) is 13.7. The van der Waals surface area contributed by atoms with Crippen molar-refractivity contribution in [3.8, 4) is 5.75 Å². The summed E-state index contributed by atoms with van der Waals surface area (Å²) in [6, 6.07) is 3.37. The predicted octanol–water partition coefficient (Wildman–Crippen LogP) is 2.23. The smallest absolute Gasteiger partial charge is 0.411 e. The molecule has 0 bridgehead atoms. The fourth-order valence-electron chi connectivity index (χ4n) is 1.06. The molecule has 17 heavy (non-hydrogen) atoms. The molecule has 0 heterocycles. The number of ether oxygens (including phenoxy) is 2. The van der Waals surface area contributed by atoms with Gasteiger partial charge in [-0.05, 0) is 17.7 Å². The van der Waals surface area contributed by atoms with Crippen molar-refractivity contribution in [3.63, 3.8) is 0 Å². The number of hydrogen-bond acceptors (Lipinski definition) is 3. The van der Waals surface area contributed by atoms with Gasteiger partial charge in [-0.15, -0.1) is 0 Å². The molecule has 0 saturated heterocycles. The number of aliphatic hydroxyl groups excluding tert-OH is 1. The van der Waals surface area contributed by atoms with E-state index in [1.807, 2.05) is 0 Å². The molecule has 0 fully saturated rings. The molecule has 0 aliphatic heterocycles. The molecular formula is C10H10F4O3. The Morgan fingerprint density at radius 1 is 1.18 bits per heavy atom. The summed E-state index contributed by atoms with van der Waals surface area (Å²) in [6.07, 6.45) is -4.43. The third-order valence-electron chi connectivity index (χ3n) is 1.69. The second kappa shape index (κ2) is 5.83. The number of alkyl halides is 3. The highest BCUT2D eigenvalue weighted by molar-refractivity contribution is 5.29. The van der Waals surface area contributed by atoms with E-state index in [1.165, 1.54) is 6.07 Å². The van der Waals surface area contributed by atoms with E-state index >= 15 is 0 Å². The molecule has 7 heteroatoms. The Labute approximate surface area is 94.6 Å². The van der Waals surface area contributed by atoms with E-state index in [-0.39, 0.29) is 11.3 Å². The monoisotopic (exact) mass is 254 g/mol. The van der Waals surface area contributed by atoms with Gasteiger partial charge in [0.15, 0.2) is 6.79 Å². The number of halogens is 4. The Kier molecular flexibility index (Phi) is 4.71. The van der Waals surface area contributed by atoms with Crippen molar-refractivity contribution in [1.29, 1.82) is 0 Å². The van der Waals surface area contributed by atoms with Gasteiger partial charge in [0.1, 0.15) is 18.2 Å². The zero-order chi connectivity index (χ0) is 12.9. The molecule has 1 aromatic carbocycles. The van der Waals surface area contributed by atoms with Crippen LogP contribution in [0.2, 0.25) is 0 Å². The van der Waals surface area contributed by atoms with Crippen molar-refractivity contribution in [2.24, 2.45) is 0 Å². The number of rotatable bonds is 5. The Morgan fingerprint density at radius 3 is 2.47 bits per heavy atom. The highest BCUT2D eigenvalue weighted by atomic mass is 19.4. The van der Waals surface area contributed by atoms with Crippen LogP contribution in [-0.4, -0.2) is 24.7 Å². The van der Waals surface area contributed by atoms with Gasteiger partial charge in [-0.3, -0.25) is 0 Å². The number of aliphatic hydroxyl groups is 1. The van der Waals surface area contributed by atoms with Crippen LogP contribution in [0.3, 0.4) is 0 Å². The Balaban J connectivity index is 2.44. The summed E-state index contributed by atoms with van der Waals surface area (Å²) in [4.78, 5) is 0. The third kappa shape index (κ3) is 5.50. The van der Waals surface area contributed by atoms with Crippen molar-refractivity contribution in [1.82, 2.24) is 0 Å². The lowest BCUT2D eigenvalue weighted by molar-refractivity contribution is -0.186. The molecule has 0 radical (unpaired) electrons. The van der Waals surface area contributed by atoms with E-state index in [2.05, 4.69) is 4.74 Å². The van der Waals surface area contributed by atoms with Crippen LogP contribution in [0.15, 0.2) is 18.2 Å². The van der Waals surface area contributed by atoms with Gasteiger partial charge in [0.05, 0.1) is 6.61 Å². The second-order valence-corrected chi connectivity index (χ2v) is 3.18. The van der Waals surface area contributed by atoms with Crippen LogP contribution in [0, 0.1) is 5.82 Å². The third-order valence-corrected chi connectivity index (χ3v) is 1.69. The van der Waals surface area contributed by atoms with E-state index in [9.17, 15) is 17.6 Å². The molecule has 96 valence electrons. The molecule has 0 spiro atoms. The molecule has 0 amide bonds. The van der Waals surface area contributed by atoms with Gasteiger partial charge in [-0.25, -0.2) is 4.39 Å². The summed E-state index contributed by atoms with van der Waals surface area (Å²) in [7, 11) is 0. The topological polar surface area (TPSA) is 38.7 Å². The minimum absolute atomic E-state index is 0.00350. The molecule has 0 atom stereocenters. The maximum Gasteiger partial charge on any atom is 0.411 e. The SMILES string of the molecule is OCc1cc(F)cc(OCOCC(F)(F)F)c1. The van der Waals surface area contributed by atoms with E-state index < -0.39 is 32.0 Å². The Bertz CT molecular complexity index is 365. The van der Waals surface area contributed by atoms with Crippen molar-refractivity contribution in [2.45, 2.75) is 12.8 Å². The average Bonchev–Trinajstić information content (AvgIpc) is 2.22. The fraction of sp³-hybridized carbons (Fsp3) is 0.400. The highest BCUT2D eigenvalue weighted by Crippen LogP contribution is 2.17. The fourth-order valence-corrected chi connectivity index (χ4v) is 1.06. The van der Waals surface area contributed by atoms with Gasteiger partial charge in [0.25, 0.3) is 0 Å². The Hall–Kier alpha value is -1.34. The van der Waals surface area contributed by atoms with Gasteiger partial charge >= 0.3 is 6.18 Å². The van der Waals surface area contributed by atoms with Crippen LogP contribution >= 0.6 is 0 Å². The molecule has 1 rings (SSSR count).